The maximum absolute atomic E-state index is 11.7. The summed E-state index contributed by atoms with van der Waals surface area (Å²) < 4.78 is 35.1. The van der Waals surface area contributed by atoms with Crippen LogP contribution in [0.5, 0.6) is 0 Å². The van der Waals surface area contributed by atoms with E-state index in [1.54, 1.807) is 6.92 Å². The van der Waals surface area contributed by atoms with Crippen molar-refractivity contribution in [1.82, 2.24) is 0 Å². The normalized spacial score (nSPS) is 14.1. The molecular weight excluding hydrogens is 195 g/mol. The molecule has 0 aliphatic rings. The van der Waals surface area contributed by atoms with Crippen LogP contribution in [0.3, 0.4) is 0 Å². The number of hydrogen-bond acceptors (Lipinski definition) is 2. The number of alkyl halides is 3. The Labute approximate surface area is 81.7 Å². The van der Waals surface area contributed by atoms with Crippen LogP contribution >= 0.6 is 0 Å². The number of rotatable bonds is 6. The maximum Gasteiger partial charge on any atom is 0.389 e. The van der Waals surface area contributed by atoms with Crippen LogP contribution in [0.25, 0.3) is 0 Å². The standard InChI is InChI=1S/C9H16F3NO/c1-7(13)4-5-8(14)3-2-6-9(10,11)12/h7H,2-6,13H2,1H3. The number of Topliss-reactive ketones (excluding diaryl/α,β-unsaturated/α-hetero) is 1. The zero-order chi connectivity index (χ0) is 11.2. The molecule has 0 aliphatic carbocycles. The first-order valence-electron chi connectivity index (χ1n) is 4.65. The number of carbonyl (C=O) groups is 1. The fourth-order valence-corrected chi connectivity index (χ4v) is 1.000. The third-order valence-electron chi connectivity index (χ3n) is 1.79. The summed E-state index contributed by atoms with van der Waals surface area (Å²) in [6, 6.07) is -0.0680. The van der Waals surface area contributed by atoms with Crippen LogP contribution < -0.4 is 5.73 Å². The second-order valence-electron chi connectivity index (χ2n) is 3.52. The SMILES string of the molecule is CC(N)CCC(=O)CCCC(F)(F)F. The zero-order valence-electron chi connectivity index (χ0n) is 8.23. The molecule has 0 aliphatic heterocycles. The van der Waals surface area contributed by atoms with Gasteiger partial charge in [-0.05, 0) is 19.8 Å². The lowest BCUT2D eigenvalue weighted by molar-refractivity contribution is -0.137. The molecule has 0 fully saturated rings. The Morgan fingerprint density at radius 2 is 1.93 bits per heavy atom. The van der Waals surface area contributed by atoms with E-state index >= 15 is 0 Å². The lowest BCUT2D eigenvalue weighted by Gasteiger charge is -2.06. The topological polar surface area (TPSA) is 43.1 Å². The number of hydrogen-bond donors (Lipinski definition) is 1. The minimum atomic E-state index is -4.15. The van der Waals surface area contributed by atoms with Crippen LogP contribution in [0.2, 0.25) is 0 Å². The number of halogens is 3. The van der Waals surface area contributed by atoms with Crippen molar-refractivity contribution in [2.45, 2.75) is 51.2 Å². The van der Waals surface area contributed by atoms with E-state index in [0.717, 1.165) is 0 Å². The van der Waals surface area contributed by atoms with Crippen molar-refractivity contribution in [1.29, 1.82) is 0 Å². The molecule has 0 radical (unpaired) electrons. The van der Waals surface area contributed by atoms with Crippen LogP contribution in [0.1, 0.15) is 39.0 Å². The van der Waals surface area contributed by atoms with Gasteiger partial charge in [-0.2, -0.15) is 13.2 Å². The van der Waals surface area contributed by atoms with Gasteiger partial charge in [-0.15, -0.1) is 0 Å². The molecule has 0 heterocycles. The number of carbonyl (C=O) groups excluding carboxylic acids is 1. The Morgan fingerprint density at radius 1 is 1.36 bits per heavy atom. The van der Waals surface area contributed by atoms with Gasteiger partial charge < -0.3 is 5.73 Å². The average molecular weight is 211 g/mol. The van der Waals surface area contributed by atoms with Crippen LogP contribution in [0.15, 0.2) is 0 Å². The molecule has 2 nitrogen and oxygen atoms in total. The quantitative estimate of drug-likeness (QED) is 0.733. The van der Waals surface area contributed by atoms with Crippen molar-refractivity contribution in [3.05, 3.63) is 0 Å². The Hall–Kier alpha value is -0.580. The molecular formula is C9H16F3NO. The molecule has 0 rings (SSSR count). The van der Waals surface area contributed by atoms with Crippen molar-refractivity contribution in [2.75, 3.05) is 0 Å². The molecule has 0 saturated heterocycles. The van der Waals surface area contributed by atoms with Crippen molar-refractivity contribution in [3.63, 3.8) is 0 Å². The average Bonchev–Trinajstić information content (AvgIpc) is 1.98. The van der Waals surface area contributed by atoms with Gasteiger partial charge in [0, 0.05) is 25.3 Å². The fourth-order valence-electron chi connectivity index (χ4n) is 1.000. The maximum atomic E-state index is 11.7. The summed E-state index contributed by atoms with van der Waals surface area (Å²) in [4.78, 5) is 11.0. The molecule has 0 aromatic rings. The number of nitrogens with two attached hydrogens (primary N) is 1. The van der Waals surface area contributed by atoms with E-state index in [2.05, 4.69) is 0 Å². The molecule has 0 aromatic heterocycles. The molecule has 5 heteroatoms. The summed E-state index contributed by atoms with van der Waals surface area (Å²) in [7, 11) is 0. The van der Waals surface area contributed by atoms with Gasteiger partial charge in [0.1, 0.15) is 5.78 Å². The largest absolute Gasteiger partial charge is 0.389 e. The van der Waals surface area contributed by atoms with Crippen LogP contribution in [0, 0.1) is 0 Å². The monoisotopic (exact) mass is 211 g/mol. The Balaban J connectivity index is 3.46. The van der Waals surface area contributed by atoms with Crippen molar-refractivity contribution >= 4 is 5.78 Å². The molecule has 1 atom stereocenters. The lowest BCUT2D eigenvalue weighted by Crippen LogP contribution is -2.16. The van der Waals surface area contributed by atoms with E-state index in [4.69, 9.17) is 5.73 Å². The second kappa shape index (κ2) is 6.01. The van der Waals surface area contributed by atoms with E-state index in [1.807, 2.05) is 0 Å². The van der Waals surface area contributed by atoms with Gasteiger partial charge in [0.2, 0.25) is 0 Å². The lowest BCUT2D eigenvalue weighted by atomic mass is 10.1. The summed E-state index contributed by atoms with van der Waals surface area (Å²) in [5, 5.41) is 0. The first-order chi connectivity index (χ1) is 6.31. The first kappa shape index (κ1) is 13.4. The van der Waals surface area contributed by atoms with Gasteiger partial charge in [0.05, 0.1) is 0 Å². The zero-order valence-corrected chi connectivity index (χ0v) is 8.23. The van der Waals surface area contributed by atoms with Gasteiger partial charge in [-0.3, -0.25) is 4.79 Å². The molecule has 2 N–H and O–H groups in total. The van der Waals surface area contributed by atoms with Gasteiger partial charge in [0.25, 0.3) is 0 Å². The highest BCUT2D eigenvalue weighted by atomic mass is 19.4. The molecule has 0 spiro atoms. The summed E-state index contributed by atoms with van der Waals surface area (Å²) >= 11 is 0. The minimum absolute atomic E-state index is 0.00618. The second-order valence-corrected chi connectivity index (χ2v) is 3.52. The fraction of sp³-hybridized carbons (Fsp3) is 0.889. The van der Waals surface area contributed by atoms with Crippen LogP contribution in [-0.2, 0) is 4.79 Å². The Morgan fingerprint density at radius 3 is 2.36 bits per heavy atom. The molecule has 14 heavy (non-hydrogen) atoms. The smallest absolute Gasteiger partial charge is 0.328 e. The summed E-state index contributed by atoms with van der Waals surface area (Å²) in [6.45, 7) is 1.77. The summed E-state index contributed by atoms with van der Waals surface area (Å²) in [5.41, 5.74) is 5.41. The van der Waals surface area contributed by atoms with E-state index in [9.17, 15) is 18.0 Å². The van der Waals surface area contributed by atoms with Gasteiger partial charge >= 0.3 is 6.18 Å². The Kier molecular flexibility index (Phi) is 5.76. The third-order valence-corrected chi connectivity index (χ3v) is 1.79. The van der Waals surface area contributed by atoms with E-state index < -0.39 is 12.6 Å². The highest BCUT2D eigenvalue weighted by Gasteiger charge is 2.26. The summed E-state index contributed by atoms with van der Waals surface area (Å²) in [5.74, 6) is -0.133. The highest BCUT2D eigenvalue weighted by molar-refractivity contribution is 5.78. The van der Waals surface area contributed by atoms with E-state index in [-0.39, 0.29) is 31.1 Å². The minimum Gasteiger partial charge on any atom is -0.328 e. The van der Waals surface area contributed by atoms with Crippen molar-refractivity contribution < 1.29 is 18.0 Å². The van der Waals surface area contributed by atoms with Crippen LogP contribution in [0.4, 0.5) is 13.2 Å². The predicted octanol–water partition coefficient (Wildman–Crippen LogP) is 2.42. The molecule has 0 bridgehead atoms. The van der Waals surface area contributed by atoms with E-state index in [1.165, 1.54) is 0 Å². The molecule has 1 unspecified atom stereocenters. The molecule has 0 amide bonds. The van der Waals surface area contributed by atoms with E-state index in [0.29, 0.717) is 6.42 Å². The number of ketones is 1. The van der Waals surface area contributed by atoms with Crippen molar-refractivity contribution in [2.24, 2.45) is 5.73 Å². The Bertz CT molecular complexity index is 177. The van der Waals surface area contributed by atoms with Gasteiger partial charge in [-0.25, -0.2) is 0 Å². The van der Waals surface area contributed by atoms with Crippen molar-refractivity contribution in [3.8, 4) is 0 Å². The molecule has 84 valence electrons. The highest BCUT2D eigenvalue weighted by Crippen LogP contribution is 2.22. The van der Waals surface area contributed by atoms with Gasteiger partial charge in [-0.1, -0.05) is 0 Å². The predicted molar refractivity (Wildman–Crippen MR) is 47.8 cm³/mol. The molecule has 0 aromatic carbocycles. The first-order valence-corrected chi connectivity index (χ1v) is 4.65. The molecule has 0 saturated carbocycles. The van der Waals surface area contributed by atoms with Gasteiger partial charge in [0.15, 0.2) is 0 Å². The summed E-state index contributed by atoms with van der Waals surface area (Å²) in [6.07, 6.45) is -4.30. The van der Waals surface area contributed by atoms with Crippen LogP contribution in [-0.4, -0.2) is 18.0 Å². The third kappa shape index (κ3) is 9.51.